The first-order chi connectivity index (χ1) is 7.19. The van der Waals surface area contributed by atoms with Crippen LogP contribution in [0.4, 0.5) is 0 Å². The molecule has 0 radical (unpaired) electrons. The zero-order valence-electron chi connectivity index (χ0n) is 9.40. The molecule has 1 aliphatic heterocycles. The van der Waals surface area contributed by atoms with Crippen molar-refractivity contribution in [3.8, 4) is 6.07 Å². The fourth-order valence-corrected chi connectivity index (χ4v) is 2.78. The van der Waals surface area contributed by atoms with E-state index in [1.165, 1.54) is 0 Å². The van der Waals surface area contributed by atoms with Crippen molar-refractivity contribution in [3.63, 3.8) is 0 Å². The third-order valence-electron chi connectivity index (χ3n) is 2.58. The number of nitrogens with zero attached hydrogens (tertiary/aromatic N) is 2. The normalized spacial score (nSPS) is 23.3. The van der Waals surface area contributed by atoms with Gasteiger partial charge in [-0.25, -0.2) is 0 Å². The van der Waals surface area contributed by atoms with Crippen LogP contribution in [-0.2, 0) is 4.79 Å². The van der Waals surface area contributed by atoms with Gasteiger partial charge >= 0.3 is 0 Å². The van der Waals surface area contributed by atoms with E-state index in [1.54, 1.807) is 0 Å². The Bertz CT molecular complexity index is 262. The average Bonchev–Trinajstić information content (AvgIpc) is 2.25. The largest absolute Gasteiger partial charge is 0.340 e. The van der Waals surface area contributed by atoms with E-state index in [1.807, 2.05) is 23.6 Å². The Morgan fingerprint density at radius 3 is 3.00 bits per heavy atom. The molecule has 1 amide bonds. The monoisotopic (exact) mass is 226 g/mol. The summed E-state index contributed by atoms with van der Waals surface area (Å²) in [5.74, 6) is 0.605. The van der Waals surface area contributed by atoms with Gasteiger partial charge in [0, 0.05) is 24.1 Å². The minimum Gasteiger partial charge on any atom is -0.340 e. The van der Waals surface area contributed by atoms with Crippen molar-refractivity contribution in [3.05, 3.63) is 0 Å². The SMILES string of the molecule is CCCC(C#N)C(=O)N1CCSC(C)C1. The molecule has 1 fully saturated rings. The zero-order chi connectivity index (χ0) is 11.3. The Hall–Kier alpha value is -0.690. The molecule has 84 valence electrons. The fourth-order valence-electron chi connectivity index (χ4n) is 1.77. The second kappa shape index (κ2) is 6.02. The molecule has 0 spiro atoms. The molecule has 1 rings (SSSR count). The lowest BCUT2D eigenvalue weighted by molar-refractivity contribution is -0.133. The standard InChI is InChI=1S/C11H18N2OS/c1-3-4-10(7-12)11(14)13-5-6-15-9(2)8-13/h9-10H,3-6,8H2,1-2H3. The van der Waals surface area contributed by atoms with Crippen molar-refractivity contribution in [2.45, 2.75) is 31.9 Å². The van der Waals surface area contributed by atoms with Crippen LogP contribution in [0.2, 0.25) is 0 Å². The number of carbonyl (C=O) groups excluding carboxylic acids is 1. The molecular weight excluding hydrogens is 208 g/mol. The molecule has 15 heavy (non-hydrogen) atoms. The number of carbonyl (C=O) groups is 1. The molecule has 0 N–H and O–H groups in total. The summed E-state index contributed by atoms with van der Waals surface area (Å²) < 4.78 is 0. The highest BCUT2D eigenvalue weighted by Gasteiger charge is 2.26. The van der Waals surface area contributed by atoms with Crippen molar-refractivity contribution in [1.82, 2.24) is 4.90 Å². The third kappa shape index (κ3) is 3.42. The maximum Gasteiger partial charge on any atom is 0.239 e. The number of rotatable bonds is 3. The summed E-state index contributed by atoms with van der Waals surface area (Å²) in [6, 6.07) is 2.12. The summed E-state index contributed by atoms with van der Waals surface area (Å²) in [4.78, 5) is 13.8. The van der Waals surface area contributed by atoms with E-state index < -0.39 is 5.92 Å². The summed E-state index contributed by atoms with van der Waals surface area (Å²) in [5.41, 5.74) is 0. The lowest BCUT2D eigenvalue weighted by Crippen LogP contribution is -2.43. The van der Waals surface area contributed by atoms with Crippen LogP contribution >= 0.6 is 11.8 Å². The molecule has 0 saturated carbocycles. The molecule has 2 unspecified atom stereocenters. The van der Waals surface area contributed by atoms with Crippen molar-refractivity contribution in [2.75, 3.05) is 18.8 Å². The van der Waals surface area contributed by atoms with Gasteiger partial charge in [-0.05, 0) is 6.42 Å². The molecule has 4 heteroatoms. The van der Waals surface area contributed by atoms with E-state index in [0.29, 0.717) is 11.7 Å². The second-order valence-corrected chi connectivity index (χ2v) is 5.48. The molecule has 1 aliphatic rings. The Morgan fingerprint density at radius 1 is 1.73 bits per heavy atom. The van der Waals surface area contributed by atoms with Gasteiger partial charge in [-0.2, -0.15) is 17.0 Å². The van der Waals surface area contributed by atoms with Crippen LogP contribution in [-0.4, -0.2) is 34.9 Å². The Kier molecular flexibility index (Phi) is 4.97. The smallest absolute Gasteiger partial charge is 0.239 e. The Labute approximate surface area is 95.8 Å². The van der Waals surface area contributed by atoms with Gasteiger partial charge in [-0.1, -0.05) is 20.3 Å². The molecule has 0 aromatic rings. The van der Waals surface area contributed by atoms with Gasteiger partial charge in [0.05, 0.1) is 6.07 Å². The summed E-state index contributed by atoms with van der Waals surface area (Å²) in [5, 5.41) is 9.42. The highest BCUT2D eigenvalue weighted by Crippen LogP contribution is 2.20. The Morgan fingerprint density at radius 2 is 2.47 bits per heavy atom. The highest BCUT2D eigenvalue weighted by molar-refractivity contribution is 7.99. The van der Waals surface area contributed by atoms with Crippen molar-refractivity contribution >= 4 is 17.7 Å². The first-order valence-corrected chi connectivity index (χ1v) is 6.54. The van der Waals surface area contributed by atoms with Crippen LogP contribution in [0.25, 0.3) is 0 Å². The average molecular weight is 226 g/mol. The van der Waals surface area contributed by atoms with Gasteiger partial charge in [-0.3, -0.25) is 4.79 Å². The number of hydrogen-bond acceptors (Lipinski definition) is 3. The van der Waals surface area contributed by atoms with E-state index in [9.17, 15) is 4.79 Å². The van der Waals surface area contributed by atoms with Crippen LogP contribution in [0.15, 0.2) is 0 Å². The quantitative estimate of drug-likeness (QED) is 0.738. The second-order valence-electron chi connectivity index (χ2n) is 3.94. The van der Waals surface area contributed by atoms with E-state index in [2.05, 4.69) is 13.0 Å². The van der Waals surface area contributed by atoms with E-state index in [0.717, 1.165) is 25.3 Å². The number of amides is 1. The molecule has 1 saturated heterocycles. The van der Waals surface area contributed by atoms with Gasteiger partial charge in [-0.15, -0.1) is 0 Å². The summed E-state index contributed by atoms with van der Waals surface area (Å²) >= 11 is 1.90. The topological polar surface area (TPSA) is 44.1 Å². The molecule has 1 heterocycles. The van der Waals surface area contributed by atoms with Crippen molar-refractivity contribution in [1.29, 1.82) is 5.26 Å². The minimum absolute atomic E-state index is 0.0338. The number of nitriles is 1. The van der Waals surface area contributed by atoms with Gasteiger partial charge < -0.3 is 4.90 Å². The predicted octanol–water partition coefficient (Wildman–Crippen LogP) is 1.89. The van der Waals surface area contributed by atoms with Gasteiger partial charge in [0.1, 0.15) is 5.92 Å². The molecule has 0 aromatic heterocycles. The summed E-state index contributed by atoms with van der Waals surface area (Å²) in [6.45, 7) is 5.73. The number of thioether (sulfide) groups is 1. The Balaban J connectivity index is 2.54. The first kappa shape index (κ1) is 12.4. The lowest BCUT2D eigenvalue weighted by Gasteiger charge is -2.31. The van der Waals surface area contributed by atoms with Gasteiger partial charge in [0.25, 0.3) is 0 Å². The maximum atomic E-state index is 12.0. The lowest BCUT2D eigenvalue weighted by atomic mass is 10.0. The number of hydrogen-bond donors (Lipinski definition) is 0. The summed E-state index contributed by atoms with van der Waals surface area (Å²) in [7, 11) is 0. The molecule has 0 bridgehead atoms. The highest BCUT2D eigenvalue weighted by atomic mass is 32.2. The first-order valence-electron chi connectivity index (χ1n) is 5.49. The maximum absolute atomic E-state index is 12.0. The summed E-state index contributed by atoms with van der Waals surface area (Å²) in [6.07, 6.45) is 1.58. The van der Waals surface area contributed by atoms with Crippen molar-refractivity contribution in [2.24, 2.45) is 5.92 Å². The van der Waals surface area contributed by atoms with Crippen LogP contribution in [0.5, 0.6) is 0 Å². The molecule has 2 atom stereocenters. The van der Waals surface area contributed by atoms with Crippen LogP contribution in [0.1, 0.15) is 26.7 Å². The third-order valence-corrected chi connectivity index (χ3v) is 3.72. The van der Waals surface area contributed by atoms with E-state index >= 15 is 0 Å². The molecular formula is C11H18N2OS. The predicted molar refractivity (Wildman–Crippen MR) is 62.5 cm³/mol. The van der Waals surface area contributed by atoms with Gasteiger partial charge in [0.15, 0.2) is 0 Å². The fraction of sp³-hybridized carbons (Fsp3) is 0.818. The van der Waals surface area contributed by atoms with E-state index in [-0.39, 0.29) is 5.91 Å². The molecule has 0 aliphatic carbocycles. The molecule has 3 nitrogen and oxygen atoms in total. The van der Waals surface area contributed by atoms with Crippen LogP contribution in [0, 0.1) is 17.2 Å². The minimum atomic E-state index is -0.426. The zero-order valence-corrected chi connectivity index (χ0v) is 10.2. The van der Waals surface area contributed by atoms with Gasteiger partial charge in [0.2, 0.25) is 5.91 Å². The van der Waals surface area contributed by atoms with Crippen LogP contribution in [0.3, 0.4) is 0 Å². The molecule has 0 aromatic carbocycles. The van der Waals surface area contributed by atoms with Crippen LogP contribution < -0.4 is 0 Å². The van der Waals surface area contributed by atoms with E-state index in [4.69, 9.17) is 5.26 Å². The van der Waals surface area contributed by atoms with Crippen molar-refractivity contribution < 1.29 is 4.79 Å².